The average Bonchev–Trinajstić information content (AvgIpc) is 2.82. The number of rotatable bonds is 7. The molecule has 34 heavy (non-hydrogen) atoms. The summed E-state index contributed by atoms with van der Waals surface area (Å²) in [5, 5.41) is 2.93. The molecule has 2 amide bonds. The van der Waals surface area contributed by atoms with Gasteiger partial charge in [0.05, 0.1) is 4.90 Å². The Morgan fingerprint density at radius 3 is 2.09 bits per heavy atom. The standard InChI is InChI=1S/C26H35N3O4S/c1-5-16-27-24(30)19-14-17-29(18-15-19)25(31)20-6-10-22(11-7-20)28-34(32,33)23-12-8-21(9-13-23)26(2,3)4/h6-13,19,28H,5,14-18H2,1-4H3,(H,27,30). The first-order valence-corrected chi connectivity index (χ1v) is 13.3. The predicted octanol–water partition coefficient (Wildman–Crippen LogP) is 4.16. The first kappa shape index (κ1) is 25.7. The molecule has 2 N–H and O–H groups in total. The maximum absolute atomic E-state index is 12.9. The van der Waals surface area contributed by atoms with E-state index in [1.54, 1.807) is 41.3 Å². The summed E-state index contributed by atoms with van der Waals surface area (Å²) in [5.41, 5.74) is 1.88. The van der Waals surface area contributed by atoms with Crippen LogP contribution < -0.4 is 10.0 Å². The summed E-state index contributed by atoms with van der Waals surface area (Å²) in [6, 6.07) is 13.3. The number of piperidine rings is 1. The van der Waals surface area contributed by atoms with Gasteiger partial charge in [-0.05, 0) is 66.6 Å². The lowest BCUT2D eigenvalue weighted by Crippen LogP contribution is -2.43. The number of hydrogen-bond donors (Lipinski definition) is 2. The van der Waals surface area contributed by atoms with Gasteiger partial charge in [0, 0.05) is 36.8 Å². The van der Waals surface area contributed by atoms with Crippen molar-refractivity contribution < 1.29 is 18.0 Å². The van der Waals surface area contributed by atoms with E-state index in [2.05, 4.69) is 30.8 Å². The minimum Gasteiger partial charge on any atom is -0.356 e. The van der Waals surface area contributed by atoms with E-state index in [1.165, 1.54) is 0 Å². The normalized spacial score (nSPS) is 15.1. The lowest BCUT2D eigenvalue weighted by molar-refractivity contribution is -0.126. The highest BCUT2D eigenvalue weighted by Gasteiger charge is 2.27. The zero-order chi connectivity index (χ0) is 24.9. The van der Waals surface area contributed by atoms with Crippen LogP contribution in [-0.4, -0.2) is 44.8 Å². The van der Waals surface area contributed by atoms with Gasteiger partial charge in [-0.1, -0.05) is 39.8 Å². The molecule has 0 aliphatic carbocycles. The molecule has 0 radical (unpaired) electrons. The van der Waals surface area contributed by atoms with Crippen molar-refractivity contribution in [2.45, 2.75) is 57.3 Å². The fourth-order valence-corrected chi connectivity index (χ4v) is 5.01. The molecule has 7 nitrogen and oxygen atoms in total. The second-order valence-electron chi connectivity index (χ2n) is 9.81. The van der Waals surface area contributed by atoms with Crippen molar-refractivity contribution >= 4 is 27.5 Å². The van der Waals surface area contributed by atoms with E-state index in [0.29, 0.717) is 43.7 Å². The molecule has 1 aliphatic heterocycles. The quantitative estimate of drug-likeness (QED) is 0.615. The van der Waals surface area contributed by atoms with Crippen molar-refractivity contribution in [3.63, 3.8) is 0 Å². The molecular weight excluding hydrogens is 450 g/mol. The van der Waals surface area contributed by atoms with Crippen LogP contribution in [-0.2, 0) is 20.2 Å². The van der Waals surface area contributed by atoms with Gasteiger partial charge in [-0.25, -0.2) is 8.42 Å². The van der Waals surface area contributed by atoms with E-state index in [0.717, 1.165) is 12.0 Å². The van der Waals surface area contributed by atoms with Crippen LogP contribution in [0.1, 0.15) is 62.9 Å². The van der Waals surface area contributed by atoms with Crippen molar-refractivity contribution in [3.05, 3.63) is 59.7 Å². The molecule has 3 rings (SSSR count). The minimum absolute atomic E-state index is 0.0511. The lowest BCUT2D eigenvalue weighted by atomic mass is 9.87. The van der Waals surface area contributed by atoms with Crippen LogP contribution in [0.15, 0.2) is 53.4 Å². The molecule has 8 heteroatoms. The third kappa shape index (κ3) is 6.38. The fourth-order valence-electron chi connectivity index (χ4n) is 3.95. The van der Waals surface area contributed by atoms with Crippen molar-refractivity contribution in [2.75, 3.05) is 24.4 Å². The number of benzene rings is 2. The smallest absolute Gasteiger partial charge is 0.261 e. The zero-order valence-corrected chi connectivity index (χ0v) is 21.2. The van der Waals surface area contributed by atoms with Gasteiger partial charge in [-0.15, -0.1) is 0 Å². The van der Waals surface area contributed by atoms with Gasteiger partial charge >= 0.3 is 0 Å². The largest absolute Gasteiger partial charge is 0.356 e. The molecule has 2 aromatic rings. The number of nitrogens with one attached hydrogen (secondary N) is 2. The maximum atomic E-state index is 12.9. The zero-order valence-electron chi connectivity index (χ0n) is 20.4. The van der Waals surface area contributed by atoms with Crippen LogP contribution in [0, 0.1) is 5.92 Å². The number of carbonyl (C=O) groups excluding carboxylic acids is 2. The molecule has 1 fully saturated rings. The van der Waals surface area contributed by atoms with E-state index in [9.17, 15) is 18.0 Å². The number of anilines is 1. The predicted molar refractivity (Wildman–Crippen MR) is 134 cm³/mol. The van der Waals surface area contributed by atoms with E-state index < -0.39 is 10.0 Å². The van der Waals surface area contributed by atoms with Crippen LogP contribution in [0.2, 0.25) is 0 Å². The third-order valence-electron chi connectivity index (χ3n) is 6.12. The Labute approximate surface area is 203 Å². The highest BCUT2D eigenvalue weighted by atomic mass is 32.2. The molecule has 184 valence electrons. The Morgan fingerprint density at radius 1 is 0.971 bits per heavy atom. The van der Waals surface area contributed by atoms with E-state index in [1.807, 2.05) is 19.1 Å². The van der Waals surface area contributed by atoms with Gasteiger partial charge in [0.15, 0.2) is 0 Å². The summed E-state index contributed by atoms with van der Waals surface area (Å²) in [7, 11) is -3.73. The fraction of sp³-hybridized carbons (Fsp3) is 0.462. The van der Waals surface area contributed by atoms with Crippen LogP contribution in [0.25, 0.3) is 0 Å². The molecule has 1 heterocycles. The van der Waals surface area contributed by atoms with Gasteiger partial charge in [0.2, 0.25) is 5.91 Å². The first-order chi connectivity index (χ1) is 16.0. The van der Waals surface area contributed by atoms with Crippen LogP contribution in [0.4, 0.5) is 5.69 Å². The van der Waals surface area contributed by atoms with Crippen molar-refractivity contribution in [1.29, 1.82) is 0 Å². The Balaban J connectivity index is 1.59. The summed E-state index contributed by atoms with van der Waals surface area (Å²) < 4.78 is 28.1. The van der Waals surface area contributed by atoms with Crippen LogP contribution >= 0.6 is 0 Å². The molecule has 1 aliphatic rings. The highest BCUT2D eigenvalue weighted by molar-refractivity contribution is 7.92. The van der Waals surface area contributed by atoms with Gasteiger partial charge in [-0.3, -0.25) is 14.3 Å². The minimum atomic E-state index is -3.73. The van der Waals surface area contributed by atoms with Crippen molar-refractivity contribution in [3.8, 4) is 0 Å². The molecule has 0 unspecified atom stereocenters. The summed E-state index contributed by atoms with van der Waals surface area (Å²) in [6.07, 6.45) is 2.19. The van der Waals surface area contributed by atoms with Gasteiger partial charge in [0.1, 0.15) is 0 Å². The first-order valence-electron chi connectivity index (χ1n) is 11.8. The molecule has 0 saturated carbocycles. The van der Waals surface area contributed by atoms with Gasteiger partial charge < -0.3 is 10.2 Å². The summed E-state index contributed by atoms with van der Waals surface area (Å²) in [6.45, 7) is 9.97. The molecular formula is C26H35N3O4S. The third-order valence-corrected chi connectivity index (χ3v) is 7.51. The maximum Gasteiger partial charge on any atom is 0.261 e. The van der Waals surface area contributed by atoms with E-state index >= 15 is 0 Å². The average molecular weight is 486 g/mol. The number of likely N-dealkylation sites (tertiary alicyclic amines) is 1. The van der Waals surface area contributed by atoms with Gasteiger partial charge in [-0.2, -0.15) is 0 Å². The van der Waals surface area contributed by atoms with Crippen LogP contribution in [0.3, 0.4) is 0 Å². The molecule has 2 aromatic carbocycles. The molecule has 0 spiro atoms. The van der Waals surface area contributed by atoms with Crippen molar-refractivity contribution in [2.24, 2.45) is 5.92 Å². The second kappa shape index (κ2) is 10.6. The Bertz CT molecular complexity index is 1100. The topological polar surface area (TPSA) is 95.6 Å². The summed E-state index contributed by atoms with van der Waals surface area (Å²) >= 11 is 0. The molecule has 0 bridgehead atoms. The monoisotopic (exact) mass is 485 g/mol. The van der Waals surface area contributed by atoms with Crippen molar-refractivity contribution in [1.82, 2.24) is 10.2 Å². The van der Waals surface area contributed by atoms with E-state index in [4.69, 9.17) is 0 Å². The number of carbonyl (C=O) groups is 2. The molecule has 0 aromatic heterocycles. The Hall–Kier alpha value is -2.87. The molecule has 1 saturated heterocycles. The van der Waals surface area contributed by atoms with Gasteiger partial charge in [0.25, 0.3) is 15.9 Å². The Kier molecular flexibility index (Phi) is 8.02. The summed E-state index contributed by atoms with van der Waals surface area (Å²) in [4.78, 5) is 26.9. The Morgan fingerprint density at radius 2 is 1.56 bits per heavy atom. The highest BCUT2D eigenvalue weighted by Crippen LogP contribution is 2.25. The van der Waals surface area contributed by atoms with E-state index in [-0.39, 0.29) is 28.0 Å². The van der Waals surface area contributed by atoms with Crippen LogP contribution in [0.5, 0.6) is 0 Å². The summed E-state index contributed by atoms with van der Waals surface area (Å²) in [5.74, 6) is -0.0944. The lowest BCUT2D eigenvalue weighted by Gasteiger charge is -2.31. The number of nitrogens with zero attached hydrogens (tertiary/aromatic N) is 1. The molecule has 0 atom stereocenters. The number of amides is 2. The SMILES string of the molecule is CCCNC(=O)C1CCN(C(=O)c2ccc(NS(=O)(=O)c3ccc(C(C)(C)C)cc3)cc2)CC1. The number of sulfonamides is 1. The number of hydrogen-bond acceptors (Lipinski definition) is 4. The second-order valence-corrected chi connectivity index (χ2v) is 11.5.